The molecule has 9 heteroatoms. The maximum atomic E-state index is 13.1. The van der Waals surface area contributed by atoms with Crippen LogP contribution >= 0.6 is 11.6 Å². The number of halogens is 1. The Balaban J connectivity index is 1.45. The van der Waals surface area contributed by atoms with Crippen molar-refractivity contribution in [1.29, 1.82) is 0 Å². The van der Waals surface area contributed by atoms with E-state index in [9.17, 15) is 4.79 Å². The minimum Gasteiger partial charge on any atom is -0.322 e. The molecule has 3 aromatic heterocycles. The van der Waals surface area contributed by atoms with Gasteiger partial charge in [-0.2, -0.15) is 5.10 Å². The quantitative estimate of drug-likeness (QED) is 0.448. The lowest BCUT2D eigenvalue weighted by atomic mass is 10.1. The second kappa shape index (κ2) is 8.59. The molecule has 0 bridgehead atoms. The number of carbonyl (C=O) groups excluding carboxylic acids is 1. The molecule has 0 unspecified atom stereocenters. The van der Waals surface area contributed by atoms with Crippen LogP contribution in [0.15, 0.2) is 30.5 Å². The normalized spacial score (nSPS) is 13.8. The number of anilines is 1. The minimum atomic E-state index is -0.229. The molecule has 0 saturated heterocycles. The van der Waals surface area contributed by atoms with E-state index in [4.69, 9.17) is 11.6 Å². The number of rotatable bonds is 4. The number of benzene rings is 1. The van der Waals surface area contributed by atoms with Crippen LogP contribution in [0.2, 0.25) is 5.02 Å². The lowest BCUT2D eigenvalue weighted by Crippen LogP contribution is -2.15. The fraction of sp³-hybridized carbons (Fsp3) is 0.375. The van der Waals surface area contributed by atoms with E-state index < -0.39 is 0 Å². The molecular formula is C24H26ClN7O. The van der Waals surface area contributed by atoms with E-state index in [-0.39, 0.29) is 11.9 Å². The van der Waals surface area contributed by atoms with Gasteiger partial charge >= 0.3 is 0 Å². The summed E-state index contributed by atoms with van der Waals surface area (Å²) in [7, 11) is 0. The molecule has 1 N–H and O–H groups in total. The van der Waals surface area contributed by atoms with Crippen LogP contribution in [0.4, 0.5) is 5.69 Å². The molecule has 4 heterocycles. The summed E-state index contributed by atoms with van der Waals surface area (Å²) in [5, 5.41) is 17.6. The van der Waals surface area contributed by atoms with Crippen molar-refractivity contribution < 1.29 is 4.79 Å². The molecule has 170 valence electrons. The van der Waals surface area contributed by atoms with Crippen molar-refractivity contribution in [2.45, 2.75) is 59.0 Å². The number of aryl methyl sites for hydroxylation is 2. The van der Waals surface area contributed by atoms with E-state index in [0.717, 1.165) is 54.1 Å². The topological polar surface area (TPSA) is 90.5 Å². The van der Waals surface area contributed by atoms with Gasteiger partial charge in [0.25, 0.3) is 5.91 Å². The number of hydrogen-bond acceptors (Lipinski definition) is 5. The van der Waals surface area contributed by atoms with E-state index >= 15 is 0 Å². The van der Waals surface area contributed by atoms with Gasteiger partial charge in [0, 0.05) is 35.6 Å². The Bertz CT molecular complexity index is 1350. The number of fused-ring (bicyclic) bond motifs is 2. The number of amides is 1. The smallest absolute Gasteiger partial charge is 0.257 e. The van der Waals surface area contributed by atoms with Crippen molar-refractivity contribution in [3.63, 3.8) is 0 Å². The van der Waals surface area contributed by atoms with Crippen LogP contribution in [0.25, 0.3) is 22.4 Å². The van der Waals surface area contributed by atoms with Crippen LogP contribution in [-0.4, -0.2) is 35.4 Å². The van der Waals surface area contributed by atoms with Gasteiger partial charge in [0.15, 0.2) is 11.5 Å². The van der Waals surface area contributed by atoms with Gasteiger partial charge in [-0.3, -0.25) is 4.79 Å². The van der Waals surface area contributed by atoms with Crippen molar-refractivity contribution >= 4 is 34.2 Å². The van der Waals surface area contributed by atoms with Gasteiger partial charge in [0.1, 0.15) is 5.82 Å². The largest absolute Gasteiger partial charge is 0.322 e. The zero-order valence-corrected chi connectivity index (χ0v) is 19.7. The average Bonchev–Trinajstić information content (AvgIpc) is 3.30. The van der Waals surface area contributed by atoms with Crippen molar-refractivity contribution in [2.75, 3.05) is 5.32 Å². The molecule has 1 aliphatic heterocycles. The molecule has 8 nitrogen and oxygen atoms in total. The first kappa shape index (κ1) is 21.6. The van der Waals surface area contributed by atoms with Crippen molar-refractivity contribution in [1.82, 2.24) is 29.5 Å². The first-order valence-electron chi connectivity index (χ1n) is 11.3. The fourth-order valence-electron chi connectivity index (χ4n) is 4.33. The summed E-state index contributed by atoms with van der Waals surface area (Å²) in [4.78, 5) is 17.8. The Morgan fingerprint density at radius 1 is 1.15 bits per heavy atom. The van der Waals surface area contributed by atoms with Gasteiger partial charge in [-0.05, 0) is 57.9 Å². The van der Waals surface area contributed by atoms with Crippen LogP contribution in [0.3, 0.4) is 0 Å². The molecule has 0 aliphatic carbocycles. The lowest BCUT2D eigenvalue weighted by molar-refractivity contribution is 0.102. The summed E-state index contributed by atoms with van der Waals surface area (Å²) in [5.74, 6) is 1.51. The fourth-order valence-corrected chi connectivity index (χ4v) is 4.53. The standard InChI is InChI=1S/C24H26ClN7O/c1-14(2)32-22-16(13-26-32)11-18(15(3)27-22)24(33)28-17-8-9-20(25)19(12-17)23-30-29-21-7-5-4-6-10-31(21)23/h8-9,11-14H,4-7,10H2,1-3H3,(H,28,33). The third-order valence-electron chi connectivity index (χ3n) is 6.07. The van der Waals surface area contributed by atoms with E-state index in [1.807, 2.05) is 23.7 Å². The highest BCUT2D eigenvalue weighted by Crippen LogP contribution is 2.31. The molecule has 1 aliphatic rings. The minimum absolute atomic E-state index is 0.189. The molecule has 0 fully saturated rings. The van der Waals surface area contributed by atoms with Crippen molar-refractivity contribution in [3.05, 3.63) is 52.6 Å². The van der Waals surface area contributed by atoms with Gasteiger partial charge in [-0.25, -0.2) is 9.67 Å². The van der Waals surface area contributed by atoms with Gasteiger partial charge in [0.2, 0.25) is 0 Å². The SMILES string of the molecule is Cc1nc2c(cnn2C(C)C)cc1C(=O)Nc1ccc(Cl)c(-c2nnc3n2CCCCC3)c1. The Morgan fingerprint density at radius 3 is 2.82 bits per heavy atom. The van der Waals surface area contributed by atoms with E-state index in [1.165, 1.54) is 6.42 Å². The van der Waals surface area contributed by atoms with Crippen LogP contribution < -0.4 is 5.32 Å². The zero-order chi connectivity index (χ0) is 23.1. The van der Waals surface area contributed by atoms with Crippen LogP contribution in [0.5, 0.6) is 0 Å². The Labute approximate surface area is 197 Å². The lowest BCUT2D eigenvalue weighted by Gasteiger charge is -2.12. The Hall–Kier alpha value is -3.26. The Morgan fingerprint density at radius 2 is 2.00 bits per heavy atom. The summed E-state index contributed by atoms with van der Waals surface area (Å²) in [6.07, 6.45) is 6.06. The van der Waals surface area contributed by atoms with Gasteiger partial charge in [0.05, 0.1) is 22.5 Å². The van der Waals surface area contributed by atoms with Crippen LogP contribution in [0.1, 0.15) is 61.0 Å². The monoisotopic (exact) mass is 463 g/mol. The number of carbonyl (C=O) groups is 1. The van der Waals surface area contributed by atoms with Crippen LogP contribution in [0, 0.1) is 6.92 Å². The maximum absolute atomic E-state index is 13.1. The van der Waals surface area contributed by atoms with Gasteiger partial charge < -0.3 is 9.88 Å². The summed E-state index contributed by atoms with van der Waals surface area (Å²) < 4.78 is 4.01. The maximum Gasteiger partial charge on any atom is 0.257 e. The highest BCUT2D eigenvalue weighted by Gasteiger charge is 2.20. The molecule has 0 saturated carbocycles. The van der Waals surface area contributed by atoms with Crippen molar-refractivity contribution in [3.8, 4) is 11.4 Å². The zero-order valence-electron chi connectivity index (χ0n) is 19.0. The summed E-state index contributed by atoms with van der Waals surface area (Å²) in [6, 6.07) is 7.47. The number of nitrogens with zero attached hydrogens (tertiary/aromatic N) is 6. The summed E-state index contributed by atoms with van der Waals surface area (Å²) in [6.45, 7) is 6.82. The predicted octanol–water partition coefficient (Wildman–Crippen LogP) is 5.21. The van der Waals surface area contributed by atoms with E-state index in [1.54, 1.807) is 18.3 Å². The highest BCUT2D eigenvalue weighted by atomic mass is 35.5. The second-order valence-corrected chi connectivity index (χ2v) is 9.18. The predicted molar refractivity (Wildman–Crippen MR) is 129 cm³/mol. The molecule has 1 aromatic carbocycles. The molecule has 0 atom stereocenters. The molecule has 1 amide bonds. The Kier molecular flexibility index (Phi) is 5.62. The average molecular weight is 464 g/mol. The third kappa shape index (κ3) is 3.99. The van der Waals surface area contributed by atoms with Gasteiger partial charge in [-0.15, -0.1) is 10.2 Å². The first-order valence-corrected chi connectivity index (χ1v) is 11.7. The van der Waals surface area contributed by atoms with E-state index in [0.29, 0.717) is 22.0 Å². The second-order valence-electron chi connectivity index (χ2n) is 8.77. The molecule has 0 spiro atoms. The molecule has 4 aromatic rings. The molecule has 5 rings (SSSR count). The molecular weight excluding hydrogens is 438 g/mol. The van der Waals surface area contributed by atoms with Crippen molar-refractivity contribution in [2.24, 2.45) is 0 Å². The first-order chi connectivity index (χ1) is 15.9. The van der Waals surface area contributed by atoms with Gasteiger partial charge in [-0.1, -0.05) is 18.0 Å². The van der Waals surface area contributed by atoms with Crippen LogP contribution in [-0.2, 0) is 13.0 Å². The van der Waals surface area contributed by atoms with E-state index in [2.05, 4.69) is 44.0 Å². The third-order valence-corrected chi connectivity index (χ3v) is 6.40. The molecule has 33 heavy (non-hydrogen) atoms. The number of hydrogen-bond donors (Lipinski definition) is 1. The number of nitrogens with one attached hydrogen (secondary N) is 1. The summed E-state index contributed by atoms with van der Waals surface area (Å²) >= 11 is 6.53. The summed E-state index contributed by atoms with van der Waals surface area (Å²) in [5.41, 5.74) is 3.35. The molecule has 0 radical (unpaired) electrons. The number of pyridine rings is 1. The number of aromatic nitrogens is 6. The highest BCUT2D eigenvalue weighted by molar-refractivity contribution is 6.33.